The second-order valence-electron chi connectivity index (χ2n) is 11.0. The highest BCUT2D eigenvalue weighted by molar-refractivity contribution is 7.10. The van der Waals surface area contributed by atoms with Crippen LogP contribution in [0.2, 0.25) is 0 Å². The van der Waals surface area contributed by atoms with Crippen molar-refractivity contribution in [1.29, 1.82) is 0 Å². The van der Waals surface area contributed by atoms with Crippen LogP contribution >= 0.6 is 11.3 Å². The van der Waals surface area contributed by atoms with Gasteiger partial charge in [0.05, 0.1) is 5.56 Å². The molecule has 0 spiro atoms. The molecule has 2 saturated heterocycles. The van der Waals surface area contributed by atoms with Crippen molar-refractivity contribution < 1.29 is 9.59 Å². The lowest BCUT2D eigenvalue weighted by atomic mass is 9.78. The minimum Gasteiger partial charge on any atom is -0.343 e. The minimum atomic E-state index is 0.265. The average molecular weight is 487 g/mol. The Morgan fingerprint density at radius 1 is 0.882 bits per heavy atom. The van der Waals surface area contributed by atoms with Gasteiger partial charge in [-0.2, -0.15) is 0 Å². The highest BCUT2D eigenvalue weighted by Crippen LogP contribution is 2.37. The molecular weight excluding hydrogens is 440 g/mol. The molecule has 1 aliphatic carbocycles. The Bertz CT molecular complexity index is 781. The lowest BCUT2D eigenvalue weighted by molar-refractivity contribution is -0.132. The van der Waals surface area contributed by atoms with Crippen LogP contribution in [-0.2, 0) is 4.79 Å². The second-order valence-corrected chi connectivity index (χ2v) is 12.0. The molecule has 4 rings (SSSR count). The highest BCUT2D eigenvalue weighted by Gasteiger charge is 2.36. The molecule has 3 aliphatic rings. The summed E-state index contributed by atoms with van der Waals surface area (Å²) >= 11 is 1.76. The summed E-state index contributed by atoms with van der Waals surface area (Å²) in [7, 11) is 0. The predicted molar refractivity (Wildman–Crippen MR) is 142 cm³/mol. The first kappa shape index (κ1) is 25.7. The van der Waals surface area contributed by atoms with Crippen LogP contribution < -0.4 is 0 Å². The number of hydrogen-bond acceptors (Lipinski definition) is 3. The van der Waals surface area contributed by atoms with Crippen LogP contribution in [-0.4, -0.2) is 47.3 Å². The smallest absolute Gasteiger partial charge is 0.254 e. The molecule has 2 unspecified atom stereocenters. The summed E-state index contributed by atoms with van der Waals surface area (Å²) < 4.78 is 0. The quantitative estimate of drug-likeness (QED) is 0.323. The van der Waals surface area contributed by atoms with Crippen LogP contribution in [0, 0.1) is 5.92 Å². The molecule has 2 atom stereocenters. The Kier molecular flexibility index (Phi) is 9.90. The van der Waals surface area contributed by atoms with Crippen LogP contribution in [0.15, 0.2) is 11.4 Å². The van der Waals surface area contributed by atoms with Gasteiger partial charge in [0, 0.05) is 42.4 Å². The fourth-order valence-electron chi connectivity index (χ4n) is 6.53. The number of likely N-dealkylation sites (tertiary alicyclic amines) is 2. The predicted octanol–water partition coefficient (Wildman–Crippen LogP) is 7.39. The summed E-state index contributed by atoms with van der Waals surface area (Å²) in [6.07, 6.45) is 19.2. The summed E-state index contributed by atoms with van der Waals surface area (Å²) in [6.45, 7) is 4.93. The third kappa shape index (κ3) is 6.65. The number of hydrogen-bond donors (Lipinski definition) is 0. The molecule has 4 nitrogen and oxygen atoms in total. The number of unbranched alkanes of at least 4 members (excludes halogenated alkanes) is 6. The van der Waals surface area contributed by atoms with Crippen molar-refractivity contribution in [2.24, 2.45) is 5.92 Å². The Balaban J connectivity index is 1.21. The average Bonchev–Trinajstić information content (AvgIpc) is 3.38. The number of carbonyl (C=O) groups is 2. The van der Waals surface area contributed by atoms with E-state index in [1.54, 1.807) is 11.3 Å². The van der Waals surface area contributed by atoms with Crippen molar-refractivity contribution in [2.75, 3.05) is 19.6 Å². The van der Waals surface area contributed by atoms with Gasteiger partial charge in [0.1, 0.15) is 0 Å². The van der Waals surface area contributed by atoms with E-state index in [1.165, 1.54) is 75.5 Å². The summed E-state index contributed by atoms with van der Waals surface area (Å²) in [4.78, 5) is 31.7. The van der Waals surface area contributed by atoms with Crippen molar-refractivity contribution in [3.8, 4) is 0 Å². The number of fused-ring (bicyclic) bond motifs is 1. The van der Waals surface area contributed by atoms with Crippen LogP contribution in [0.5, 0.6) is 0 Å². The molecule has 0 aromatic carbocycles. The van der Waals surface area contributed by atoms with Crippen molar-refractivity contribution in [2.45, 2.75) is 122 Å². The molecule has 0 radical (unpaired) electrons. The van der Waals surface area contributed by atoms with E-state index in [9.17, 15) is 9.59 Å². The monoisotopic (exact) mass is 486 g/mol. The molecule has 1 aromatic heterocycles. The van der Waals surface area contributed by atoms with Crippen LogP contribution in [0.1, 0.15) is 131 Å². The van der Waals surface area contributed by atoms with Crippen LogP contribution in [0.25, 0.3) is 0 Å². The number of carbonyl (C=O) groups excluding carboxylic acids is 2. The van der Waals surface area contributed by atoms with E-state index in [0.717, 1.165) is 56.8 Å². The Morgan fingerprint density at radius 2 is 1.59 bits per heavy atom. The van der Waals surface area contributed by atoms with E-state index < -0.39 is 0 Å². The number of amides is 2. The van der Waals surface area contributed by atoms with Gasteiger partial charge in [0.2, 0.25) is 5.91 Å². The molecule has 0 N–H and O–H groups in total. The minimum absolute atomic E-state index is 0.265. The first-order chi connectivity index (χ1) is 16.7. The van der Waals surface area contributed by atoms with Crippen LogP contribution in [0.4, 0.5) is 0 Å². The molecule has 1 saturated carbocycles. The fraction of sp³-hybridized carbons (Fsp3) is 0.793. The zero-order valence-electron chi connectivity index (χ0n) is 21.4. The molecule has 2 amide bonds. The number of nitrogens with zero attached hydrogens (tertiary/aromatic N) is 2. The highest BCUT2D eigenvalue weighted by atomic mass is 32.1. The number of rotatable bonds is 10. The zero-order valence-corrected chi connectivity index (χ0v) is 22.3. The SMILES string of the molecule is CCCCCCCCCC(=O)N1CCC(c2cc(C(=O)N3CCCC4CCCCC43)cs2)CC1. The van der Waals surface area contributed by atoms with Gasteiger partial charge in [-0.05, 0) is 62.8 Å². The van der Waals surface area contributed by atoms with Gasteiger partial charge in [0.15, 0.2) is 0 Å². The molecular formula is C29H46N2O2S. The van der Waals surface area contributed by atoms with Crippen molar-refractivity contribution in [3.63, 3.8) is 0 Å². The maximum absolute atomic E-state index is 13.4. The van der Waals surface area contributed by atoms with Gasteiger partial charge in [0.25, 0.3) is 5.91 Å². The van der Waals surface area contributed by atoms with E-state index in [0.29, 0.717) is 24.3 Å². The third-order valence-corrected chi connectivity index (χ3v) is 9.71. The molecule has 0 bridgehead atoms. The maximum Gasteiger partial charge on any atom is 0.254 e. The summed E-state index contributed by atoms with van der Waals surface area (Å²) in [5.41, 5.74) is 0.906. The standard InChI is InChI=1S/C29H46N2O2S/c1-2-3-4-5-6-7-8-15-28(32)30-19-16-24(17-20-30)27-21-25(22-34-27)29(33)31-18-11-13-23-12-9-10-14-26(23)31/h21-24,26H,2-20H2,1H3. The van der Waals surface area contributed by atoms with Crippen LogP contribution in [0.3, 0.4) is 0 Å². The summed E-state index contributed by atoms with van der Waals surface area (Å²) in [5.74, 6) is 1.84. The first-order valence-corrected chi connectivity index (χ1v) is 15.2. The lowest BCUT2D eigenvalue weighted by Gasteiger charge is -2.44. The Hall–Kier alpha value is -1.36. The van der Waals surface area contributed by atoms with Gasteiger partial charge in [-0.3, -0.25) is 9.59 Å². The van der Waals surface area contributed by atoms with E-state index in [4.69, 9.17) is 0 Å². The maximum atomic E-state index is 13.4. The molecule has 1 aromatic rings. The van der Waals surface area contributed by atoms with Crippen molar-refractivity contribution in [1.82, 2.24) is 9.80 Å². The molecule has 190 valence electrons. The van der Waals surface area contributed by atoms with Crippen molar-refractivity contribution >= 4 is 23.2 Å². The topological polar surface area (TPSA) is 40.6 Å². The van der Waals surface area contributed by atoms with Gasteiger partial charge in [-0.15, -0.1) is 11.3 Å². The van der Waals surface area contributed by atoms with Gasteiger partial charge >= 0.3 is 0 Å². The third-order valence-electron chi connectivity index (χ3n) is 8.61. The van der Waals surface area contributed by atoms with Crippen molar-refractivity contribution in [3.05, 3.63) is 21.9 Å². The van der Waals surface area contributed by atoms with Gasteiger partial charge in [-0.1, -0.05) is 58.3 Å². The van der Waals surface area contributed by atoms with E-state index in [2.05, 4.69) is 28.2 Å². The van der Waals surface area contributed by atoms with E-state index >= 15 is 0 Å². The van der Waals surface area contributed by atoms with E-state index in [-0.39, 0.29) is 5.91 Å². The molecule has 3 fully saturated rings. The molecule has 34 heavy (non-hydrogen) atoms. The van der Waals surface area contributed by atoms with Gasteiger partial charge in [-0.25, -0.2) is 0 Å². The normalized spacial score (nSPS) is 23.7. The molecule has 2 aliphatic heterocycles. The largest absolute Gasteiger partial charge is 0.343 e. The fourth-order valence-corrected chi connectivity index (χ4v) is 7.58. The summed E-state index contributed by atoms with van der Waals surface area (Å²) in [5, 5.41) is 2.10. The first-order valence-electron chi connectivity index (χ1n) is 14.3. The summed E-state index contributed by atoms with van der Waals surface area (Å²) in [6, 6.07) is 2.66. The second kappa shape index (κ2) is 13.1. The van der Waals surface area contributed by atoms with E-state index in [1.807, 2.05) is 0 Å². The molecule has 5 heteroatoms. The number of piperidine rings is 2. The Labute approximate surface area is 211 Å². The van der Waals surface area contributed by atoms with Gasteiger partial charge < -0.3 is 9.80 Å². The lowest BCUT2D eigenvalue weighted by Crippen LogP contribution is -2.49. The molecule has 3 heterocycles. The number of thiophene rings is 1. The Morgan fingerprint density at radius 3 is 2.38 bits per heavy atom. The zero-order chi connectivity index (χ0) is 23.8.